The van der Waals surface area contributed by atoms with Crippen LogP contribution in [0.4, 0.5) is 10.2 Å². The van der Waals surface area contributed by atoms with Crippen molar-refractivity contribution in [1.29, 1.82) is 0 Å². The second kappa shape index (κ2) is 6.42. The lowest BCUT2D eigenvalue weighted by molar-refractivity contribution is -0.131. The van der Waals surface area contributed by atoms with E-state index in [2.05, 4.69) is 10.3 Å². The Morgan fingerprint density at radius 3 is 2.71 bits per heavy atom. The fourth-order valence-corrected chi connectivity index (χ4v) is 1.61. The Kier molecular flexibility index (Phi) is 4.40. The van der Waals surface area contributed by atoms with Crippen molar-refractivity contribution in [1.82, 2.24) is 4.98 Å². The summed E-state index contributed by atoms with van der Waals surface area (Å²) in [5, 5.41) is 11.0. The van der Waals surface area contributed by atoms with Crippen molar-refractivity contribution in [3.05, 3.63) is 65.6 Å². The van der Waals surface area contributed by atoms with E-state index in [0.717, 1.165) is 12.1 Å². The average molecular weight is 286 g/mol. The van der Waals surface area contributed by atoms with E-state index >= 15 is 0 Å². The van der Waals surface area contributed by atoms with Gasteiger partial charge in [-0.15, -0.1) is 0 Å². The summed E-state index contributed by atoms with van der Waals surface area (Å²) < 4.78 is 13.7. The normalized spacial score (nSPS) is 10.5. The van der Waals surface area contributed by atoms with E-state index in [4.69, 9.17) is 5.11 Å². The van der Waals surface area contributed by atoms with E-state index in [1.807, 2.05) is 0 Å². The minimum Gasteiger partial charge on any atom is -0.478 e. The molecule has 0 aliphatic rings. The van der Waals surface area contributed by atoms with Crippen molar-refractivity contribution >= 4 is 23.8 Å². The third-order valence-corrected chi connectivity index (χ3v) is 2.56. The van der Waals surface area contributed by atoms with Crippen LogP contribution >= 0.6 is 0 Å². The number of nitrogens with one attached hydrogen (secondary N) is 1. The number of anilines is 1. The van der Waals surface area contributed by atoms with E-state index < -0.39 is 17.7 Å². The zero-order chi connectivity index (χ0) is 15.2. The lowest BCUT2D eigenvalue weighted by Crippen LogP contribution is -2.14. The van der Waals surface area contributed by atoms with Gasteiger partial charge in [0, 0.05) is 12.3 Å². The molecule has 1 aromatic carbocycles. The second-order valence-electron chi connectivity index (χ2n) is 4.08. The largest absolute Gasteiger partial charge is 0.478 e. The first kappa shape index (κ1) is 14.4. The van der Waals surface area contributed by atoms with Gasteiger partial charge in [0.1, 0.15) is 11.6 Å². The average Bonchev–Trinajstić information content (AvgIpc) is 2.47. The maximum Gasteiger partial charge on any atom is 0.328 e. The number of hydrogen-bond donors (Lipinski definition) is 2. The molecular formula is C15H11FN2O3. The Balaban J connectivity index is 2.24. The summed E-state index contributed by atoms with van der Waals surface area (Å²) in [7, 11) is 0. The van der Waals surface area contributed by atoms with Crippen molar-refractivity contribution in [2.75, 3.05) is 5.32 Å². The Bertz CT molecular complexity index is 699. The minimum atomic E-state index is -1.13. The quantitative estimate of drug-likeness (QED) is 0.847. The minimum absolute atomic E-state index is 0.187. The van der Waals surface area contributed by atoms with Crippen molar-refractivity contribution in [3.63, 3.8) is 0 Å². The van der Waals surface area contributed by atoms with Gasteiger partial charge in [-0.2, -0.15) is 0 Å². The SMILES string of the molecule is O=C(O)C=Cc1ccc(F)c(C(=O)Nc2ccccn2)c1. The summed E-state index contributed by atoms with van der Waals surface area (Å²) in [6, 6.07) is 8.71. The zero-order valence-corrected chi connectivity index (χ0v) is 10.8. The molecule has 5 nitrogen and oxygen atoms in total. The number of aliphatic carboxylic acids is 1. The molecule has 2 rings (SSSR count). The molecule has 0 bridgehead atoms. The number of nitrogens with zero attached hydrogens (tertiary/aromatic N) is 1. The van der Waals surface area contributed by atoms with E-state index in [1.54, 1.807) is 18.2 Å². The third-order valence-electron chi connectivity index (χ3n) is 2.56. The fourth-order valence-electron chi connectivity index (χ4n) is 1.61. The molecule has 0 fully saturated rings. The number of benzene rings is 1. The Morgan fingerprint density at radius 2 is 2.05 bits per heavy atom. The standard InChI is InChI=1S/C15H11FN2O3/c16-12-6-4-10(5-7-14(19)20)9-11(12)15(21)18-13-3-1-2-8-17-13/h1-9H,(H,19,20)(H,17,18,21). The molecule has 2 N–H and O–H groups in total. The van der Waals surface area contributed by atoms with Crippen LogP contribution in [0, 0.1) is 5.82 Å². The van der Waals surface area contributed by atoms with Crippen LogP contribution in [-0.4, -0.2) is 22.0 Å². The van der Waals surface area contributed by atoms with Crippen LogP contribution in [0.15, 0.2) is 48.7 Å². The molecule has 6 heteroatoms. The molecular weight excluding hydrogens is 275 g/mol. The van der Waals surface area contributed by atoms with Crippen molar-refractivity contribution in [2.45, 2.75) is 0 Å². The lowest BCUT2D eigenvalue weighted by Gasteiger charge is -2.06. The fraction of sp³-hybridized carbons (Fsp3) is 0. The van der Waals surface area contributed by atoms with Gasteiger partial charge in [-0.25, -0.2) is 14.2 Å². The Labute approximate surface area is 119 Å². The van der Waals surface area contributed by atoms with Crippen LogP contribution in [0.1, 0.15) is 15.9 Å². The predicted molar refractivity (Wildman–Crippen MR) is 75.3 cm³/mol. The van der Waals surface area contributed by atoms with Crippen LogP contribution < -0.4 is 5.32 Å². The first-order valence-corrected chi connectivity index (χ1v) is 5.99. The molecule has 0 spiro atoms. The van der Waals surface area contributed by atoms with E-state index in [1.165, 1.54) is 24.4 Å². The summed E-state index contributed by atoms with van der Waals surface area (Å²) in [4.78, 5) is 26.4. The van der Waals surface area contributed by atoms with E-state index in [0.29, 0.717) is 11.4 Å². The number of amides is 1. The summed E-state index contributed by atoms with van der Waals surface area (Å²) >= 11 is 0. The van der Waals surface area contributed by atoms with Gasteiger partial charge in [-0.05, 0) is 35.9 Å². The number of carboxylic acid groups (broad SMARTS) is 1. The number of carbonyl (C=O) groups excluding carboxylic acids is 1. The molecule has 1 heterocycles. The van der Waals surface area contributed by atoms with Gasteiger partial charge in [-0.3, -0.25) is 4.79 Å². The topological polar surface area (TPSA) is 79.3 Å². The van der Waals surface area contributed by atoms with Gasteiger partial charge in [0.15, 0.2) is 0 Å². The zero-order valence-electron chi connectivity index (χ0n) is 10.8. The van der Waals surface area contributed by atoms with Crippen molar-refractivity contribution in [3.8, 4) is 0 Å². The second-order valence-corrected chi connectivity index (χ2v) is 4.08. The molecule has 0 aliphatic heterocycles. The summed E-state index contributed by atoms with van der Waals surface area (Å²) in [5.41, 5.74) is 0.221. The van der Waals surface area contributed by atoms with Gasteiger partial charge >= 0.3 is 5.97 Å². The highest BCUT2D eigenvalue weighted by molar-refractivity contribution is 6.04. The highest BCUT2D eigenvalue weighted by Crippen LogP contribution is 2.14. The maximum atomic E-state index is 13.7. The first-order valence-electron chi connectivity index (χ1n) is 5.99. The van der Waals surface area contributed by atoms with Gasteiger partial charge in [-0.1, -0.05) is 12.1 Å². The third kappa shape index (κ3) is 3.97. The smallest absolute Gasteiger partial charge is 0.328 e. The lowest BCUT2D eigenvalue weighted by atomic mass is 10.1. The first-order chi connectivity index (χ1) is 10.1. The number of halogens is 1. The van der Waals surface area contributed by atoms with Crippen LogP contribution in [-0.2, 0) is 4.79 Å². The molecule has 2 aromatic rings. The molecule has 1 aromatic heterocycles. The molecule has 0 unspecified atom stereocenters. The molecule has 0 aliphatic carbocycles. The van der Waals surface area contributed by atoms with Crippen LogP contribution in [0.5, 0.6) is 0 Å². The van der Waals surface area contributed by atoms with E-state index in [-0.39, 0.29) is 5.56 Å². The molecule has 0 saturated carbocycles. The van der Waals surface area contributed by atoms with Crippen LogP contribution in [0.3, 0.4) is 0 Å². The molecule has 0 saturated heterocycles. The summed E-state index contributed by atoms with van der Waals surface area (Å²) in [6.07, 6.45) is 3.69. The molecule has 106 valence electrons. The number of aromatic nitrogens is 1. The monoisotopic (exact) mass is 286 g/mol. The molecule has 0 atom stereocenters. The predicted octanol–water partition coefficient (Wildman–Crippen LogP) is 2.57. The molecule has 0 radical (unpaired) electrons. The van der Waals surface area contributed by atoms with Gasteiger partial charge in [0.2, 0.25) is 0 Å². The number of carbonyl (C=O) groups is 2. The van der Waals surface area contributed by atoms with Gasteiger partial charge in [0.05, 0.1) is 5.56 Å². The highest BCUT2D eigenvalue weighted by atomic mass is 19.1. The molecule has 21 heavy (non-hydrogen) atoms. The van der Waals surface area contributed by atoms with Crippen LogP contribution in [0.25, 0.3) is 6.08 Å². The number of rotatable bonds is 4. The number of pyridine rings is 1. The number of carboxylic acids is 1. The Hall–Kier alpha value is -3.02. The summed E-state index contributed by atoms with van der Waals surface area (Å²) in [6.45, 7) is 0. The highest BCUT2D eigenvalue weighted by Gasteiger charge is 2.12. The maximum absolute atomic E-state index is 13.7. The van der Waals surface area contributed by atoms with Gasteiger partial charge in [0.25, 0.3) is 5.91 Å². The molecule has 1 amide bonds. The van der Waals surface area contributed by atoms with Crippen molar-refractivity contribution < 1.29 is 19.1 Å². The van der Waals surface area contributed by atoms with Crippen LogP contribution in [0.2, 0.25) is 0 Å². The van der Waals surface area contributed by atoms with E-state index in [9.17, 15) is 14.0 Å². The van der Waals surface area contributed by atoms with Gasteiger partial charge < -0.3 is 10.4 Å². The van der Waals surface area contributed by atoms with Crippen molar-refractivity contribution in [2.24, 2.45) is 0 Å². The number of hydrogen-bond acceptors (Lipinski definition) is 3. The summed E-state index contributed by atoms with van der Waals surface area (Å²) in [5.74, 6) is -2.18. The Morgan fingerprint density at radius 1 is 1.24 bits per heavy atom.